The summed E-state index contributed by atoms with van der Waals surface area (Å²) >= 11 is 7.46. The van der Waals surface area contributed by atoms with Crippen LogP contribution in [0.3, 0.4) is 0 Å². The quantitative estimate of drug-likeness (QED) is 0.852. The van der Waals surface area contributed by atoms with Crippen LogP contribution < -0.4 is 5.56 Å². The van der Waals surface area contributed by atoms with Crippen LogP contribution in [-0.4, -0.2) is 9.06 Å². The first-order valence-corrected chi connectivity index (χ1v) is 6.12. The Bertz CT molecular complexity index is 612. The fourth-order valence-electron chi connectivity index (χ4n) is 1.56. The number of hydrogen-bond donors (Lipinski definition) is 1. The van der Waals surface area contributed by atoms with Gasteiger partial charge in [0, 0.05) is 11.6 Å². The number of rotatable bonds is 1. The first-order chi connectivity index (χ1) is 7.43. The Kier molecular flexibility index (Phi) is 2.72. The lowest BCUT2D eigenvalue weighted by Gasteiger charge is -2.01. The highest BCUT2D eigenvalue weighted by molar-refractivity contribution is 7.14. The number of fused-ring (bicyclic) bond motifs is 1. The summed E-state index contributed by atoms with van der Waals surface area (Å²) < 4.78 is 2.41. The van der Waals surface area contributed by atoms with Gasteiger partial charge in [-0.05, 0) is 26.8 Å². The fourth-order valence-corrected chi connectivity index (χ4v) is 2.93. The van der Waals surface area contributed by atoms with Gasteiger partial charge in [-0.2, -0.15) is 0 Å². The summed E-state index contributed by atoms with van der Waals surface area (Å²) in [5.74, 6) is 0.0725. The van der Waals surface area contributed by atoms with E-state index in [9.17, 15) is 9.90 Å². The van der Waals surface area contributed by atoms with Gasteiger partial charge in [-0.3, -0.25) is 8.75 Å². The van der Waals surface area contributed by atoms with Crippen LogP contribution in [0.4, 0.5) is 0 Å². The van der Waals surface area contributed by atoms with Crippen molar-refractivity contribution in [2.45, 2.75) is 26.8 Å². The van der Waals surface area contributed by atoms with Crippen molar-refractivity contribution in [3.63, 3.8) is 0 Å². The van der Waals surface area contributed by atoms with E-state index in [1.54, 1.807) is 10.9 Å². The SMILES string of the molecule is Cc1c(O)cc2c(=O)n(C(C)C)sc2c1Cl. The minimum Gasteiger partial charge on any atom is -0.508 e. The van der Waals surface area contributed by atoms with Crippen molar-refractivity contribution >= 4 is 33.2 Å². The van der Waals surface area contributed by atoms with Gasteiger partial charge >= 0.3 is 0 Å². The van der Waals surface area contributed by atoms with Crippen molar-refractivity contribution in [2.24, 2.45) is 0 Å². The summed E-state index contributed by atoms with van der Waals surface area (Å²) in [6.07, 6.45) is 0. The highest BCUT2D eigenvalue weighted by atomic mass is 35.5. The average molecular weight is 258 g/mol. The van der Waals surface area contributed by atoms with Crippen LogP contribution in [0, 0.1) is 6.92 Å². The molecule has 0 spiro atoms. The second-order valence-electron chi connectivity index (χ2n) is 4.03. The van der Waals surface area contributed by atoms with Crippen molar-refractivity contribution in [1.82, 2.24) is 3.96 Å². The largest absolute Gasteiger partial charge is 0.508 e. The van der Waals surface area contributed by atoms with Gasteiger partial charge in [0.25, 0.3) is 5.56 Å². The lowest BCUT2D eigenvalue weighted by molar-refractivity contribution is 0.472. The van der Waals surface area contributed by atoms with Gasteiger partial charge in [-0.25, -0.2) is 0 Å². The molecule has 2 rings (SSSR count). The van der Waals surface area contributed by atoms with Gasteiger partial charge in [0.2, 0.25) is 0 Å². The molecular weight excluding hydrogens is 246 g/mol. The molecule has 3 nitrogen and oxygen atoms in total. The molecule has 0 aliphatic heterocycles. The summed E-state index contributed by atoms with van der Waals surface area (Å²) in [6.45, 7) is 5.62. The second kappa shape index (κ2) is 3.79. The molecule has 1 aromatic heterocycles. The predicted molar refractivity (Wildman–Crippen MR) is 67.9 cm³/mol. The first-order valence-electron chi connectivity index (χ1n) is 4.97. The lowest BCUT2D eigenvalue weighted by Crippen LogP contribution is -2.14. The predicted octanol–water partition coefficient (Wildman–Crippen LogP) is 3.31. The fraction of sp³-hybridized carbons (Fsp3) is 0.364. The molecule has 0 saturated heterocycles. The molecule has 0 atom stereocenters. The molecule has 16 heavy (non-hydrogen) atoms. The van der Waals surface area contributed by atoms with Crippen LogP contribution in [0.2, 0.25) is 5.02 Å². The number of phenolic OH excluding ortho intramolecular Hbond substituents is 1. The van der Waals surface area contributed by atoms with Crippen molar-refractivity contribution in [1.29, 1.82) is 0 Å². The van der Waals surface area contributed by atoms with E-state index in [4.69, 9.17) is 11.6 Å². The molecule has 0 aliphatic carbocycles. The van der Waals surface area contributed by atoms with E-state index in [1.807, 2.05) is 13.8 Å². The highest BCUT2D eigenvalue weighted by Crippen LogP contribution is 2.35. The van der Waals surface area contributed by atoms with Gasteiger partial charge in [0.05, 0.1) is 15.1 Å². The van der Waals surface area contributed by atoms with Gasteiger partial charge in [-0.15, -0.1) is 0 Å². The Morgan fingerprint density at radius 3 is 2.69 bits per heavy atom. The Morgan fingerprint density at radius 1 is 1.50 bits per heavy atom. The molecule has 86 valence electrons. The maximum Gasteiger partial charge on any atom is 0.268 e. The number of benzene rings is 1. The molecule has 1 aromatic carbocycles. The third kappa shape index (κ3) is 1.53. The summed E-state index contributed by atoms with van der Waals surface area (Å²) in [4.78, 5) is 12.0. The Morgan fingerprint density at radius 2 is 2.12 bits per heavy atom. The summed E-state index contributed by atoms with van der Waals surface area (Å²) in [6, 6.07) is 1.59. The van der Waals surface area contributed by atoms with Crippen molar-refractivity contribution < 1.29 is 5.11 Å². The van der Waals surface area contributed by atoms with Crippen LogP contribution in [0.1, 0.15) is 25.5 Å². The third-order valence-electron chi connectivity index (χ3n) is 2.53. The minimum absolute atomic E-state index is 0.0725. The molecule has 1 heterocycles. The lowest BCUT2D eigenvalue weighted by atomic mass is 10.2. The summed E-state index contributed by atoms with van der Waals surface area (Å²) in [5, 5.41) is 10.6. The molecule has 0 saturated carbocycles. The zero-order valence-corrected chi connectivity index (χ0v) is 10.8. The number of aromatic nitrogens is 1. The van der Waals surface area contributed by atoms with E-state index in [0.29, 0.717) is 16.0 Å². The molecule has 0 fully saturated rings. The Labute approximate surface area is 102 Å². The number of hydrogen-bond acceptors (Lipinski definition) is 3. The van der Waals surface area contributed by atoms with Crippen LogP contribution in [0.5, 0.6) is 5.75 Å². The van der Waals surface area contributed by atoms with Crippen molar-refractivity contribution in [3.05, 3.63) is 27.0 Å². The molecular formula is C11H12ClNO2S. The van der Waals surface area contributed by atoms with Gasteiger partial charge in [0.1, 0.15) is 5.75 Å². The van der Waals surface area contributed by atoms with E-state index in [2.05, 4.69) is 0 Å². The zero-order valence-electron chi connectivity index (χ0n) is 9.24. The zero-order chi connectivity index (χ0) is 12.0. The standard InChI is InChI=1S/C11H12ClNO2S/c1-5(2)13-11(15)7-4-8(14)6(3)9(12)10(7)16-13/h4-5,14H,1-3H3. The third-order valence-corrected chi connectivity index (χ3v) is 4.50. The van der Waals surface area contributed by atoms with E-state index in [-0.39, 0.29) is 17.4 Å². The van der Waals surface area contributed by atoms with Crippen molar-refractivity contribution in [3.8, 4) is 5.75 Å². The van der Waals surface area contributed by atoms with Gasteiger partial charge < -0.3 is 5.11 Å². The molecule has 0 radical (unpaired) electrons. The van der Waals surface area contributed by atoms with Crippen LogP contribution in [0.25, 0.3) is 10.1 Å². The summed E-state index contributed by atoms with van der Waals surface area (Å²) in [7, 11) is 0. The number of halogens is 1. The maximum absolute atomic E-state index is 12.0. The number of aromatic hydroxyl groups is 1. The topological polar surface area (TPSA) is 42.2 Å². The minimum atomic E-state index is -0.0906. The Balaban J connectivity index is 2.93. The second-order valence-corrected chi connectivity index (χ2v) is 5.39. The monoisotopic (exact) mass is 257 g/mol. The normalized spacial score (nSPS) is 11.6. The average Bonchev–Trinajstić information content (AvgIpc) is 2.54. The molecule has 1 N–H and O–H groups in total. The summed E-state index contributed by atoms with van der Waals surface area (Å²) in [5.41, 5.74) is 0.526. The maximum atomic E-state index is 12.0. The van der Waals surface area contributed by atoms with E-state index < -0.39 is 0 Å². The molecule has 5 heteroatoms. The molecule has 0 bridgehead atoms. The van der Waals surface area contributed by atoms with Gasteiger partial charge in [-0.1, -0.05) is 23.1 Å². The van der Waals surface area contributed by atoms with Crippen molar-refractivity contribution in [2.75, 3.05) is 0 Å². The molecule has 0 unspecified atom stereocenters. The van der Waals surface area contributed by atoms with Crippen LogP contribution in [0.15, 0.2) is 10.9 Å². The van der Waals surface area contributed by atoms with Crippen LogP contribution in [-0.2, 0) is 0 Å². The highest BCUT2D eigenvalue weighted by Gasteiger charge is 2.16. The number of phenols is 1. The Hall–Kier alpha value is -1.00. The van der Waals surface area contributed by atoms with E-state index in [0.717, 1.165) is 4.70 Å². The van der Waals surface area contributed by atoms with Gasteiger partial charge in [0.15, 0.2) is 0 Å². The molecule has 0 aliphatic rings. The number of nitrogens with zero attached hydrogens (tertiary/aromatic N) is 1. The molecule has 0 amide bonds. The first kappa shape index (κ1) is 11.5. The smallest absolute Gasteiger partial charge is 0.268 e. The van der Waals surface area contributed by atoms with Crippen LogP contribution >= 0.6 is 23.1 Å². The van der Waals surface area contributed by atoms with E-state index >= 15 is 0 Å². The molecule has 2 aromatic rings. The van der Waals surface area contributed by atoms with E-state index in [1.165, 1.54) is 17.6 Å².